The molecule has 1 unspecified atom stereocenters. The first-order chi connectivity index (χ1) is 10.2. The van der Waals surface area contributed by atoms with E-state index in [0.29, 0.717) is 23.9 Å². The molecule has 1 aromatic rings. The van der Waals surface area contributed by atoms with E-state index < -0.39 is 0 Å². The lowest BCUT2D eigenvalue weighted by Gasteiger charge is -2.30. The first-order valence-electron chi connectivity index (χ1n) is 8.01. The molecule has 1 aliphatic carbocycles. The smallest absolute Gasteiger partial charge is 0.224 e. The zero-order chi connectivity index (χ0) is 15.1. The average molecular weight is 284 g/mol. The van der Waals surface area contributed by atoms with Crippen LogP contribution in [0.3, 0.4) is 0 Å². The Morgan fingerprint density at radius 1 is 1.29 bits per heavy atom. The molecule has 0 aromatic heterocycles. The molecular formula is C18H24N2O. The average Bonchev–Trinajstić information content (AvgIpc) is 2.54. The van der Waals surface area contributed by atoms with E-state index in [-0.39, 0.29) is 5.91 Å². The van der Waals surface area contributed by atoms with Crippen molar-refractivity contribution in [2.45, 2.75) is 57.9 Å². The van der Waals surface area contributed by atoms with Gasteiger partial charge in [0.15, 0.2) is 0 Å². The van der Waals surface area contributed by atoms with Crippen molar-refractivity contribution >= 4 is 5.91 Å². The van der Waals surface area contributed by atoms with Crippen molar-refractivity contribution < 1.29 is 4.79 Å². The molecule has 0 aliphatic heterocycles. The second-order valence-corrected chi connectivity index (χ2v) is 5.97. The van der Waals surface area contributed by atoms with Gasteiger partial charge in [-0.3, -0.25) is 4.79 Å². The number of rotatable bonds is 5. The van der Waals surface area contributed by atoms with Crippen LogP contribution in [0, 0.1) is 17.2 Å². The molecule has 0 heterocycles. The van der Waals surface area contributed by atoms with E-state index >= 15 is 0 Å². The van der Waals surface area contributed by atoms with E-state index in [0.717, 1.165) is 12.0 Å². The summed E-state index contributed by atoms with van der Waals surface area (Å²) >= 11 is 0. The van der Waals surface area contributed by atoms with Crippen molar-refractivity contribution in [3.8, 4) is 6.07 Å². The first kappa shape index (κ1) is 15.6. The molecule has 112 valence electrons. The molecule has 0 spiro atoms. The summed E-state index contributed by atoms with van der Waals surface area (Å²) in [6.45, 7) is 2.15. The number of nitrogens with zero attached hydrogens (tertiary/aromatic N) is 1. The summed E-state index contributed by atoms with van der Waals surface area (Å²) in [6, 6.07) is 9.66. The maximum Gasteiger partial charge on any atom is 0.224 e. The third-order valence-electron chi connectivity index (χ3n) is 4.45. The van der Waals surface area contributed by atoms with Gasteiger partial charge in [-0.25, -0.2) is 0 Å². The van der Waals surface area contributed by atoms with E-state index in [1.165, 1.54) is 32.1 Å². The minimum atomic E-state index is 0.0946. The maximum atomic E-state index is 12.2. The van der Waals surface area contributed by atoms with Gasteiger partial charge in [-0.15, -0.1) is 0 Å². The van der Waals surface area contributed by atoms with Crippen LogP contribution in [0.1, 0.15) is 56.6 Å². The van der Waals surface area contributed by atoms with Crippen molar-refractivity contribution in [3.63, 3.8) is 0 Å². The first-order valence-corrected chi connectivity index (χ1v) is 8.01. The van der Waals surface area contributed by atoms with Crippen LogP contribution < -0.4 is 5.32 Å². The summed E-state index contributed by atoms with van der Waals surface area (Å²) in [7, 11) is 0. The quantitative estimate of drug-likeness (QED) is 0.898. The summed E-state index contributed by atoms with van der Waals surface area (Å²) in [5.74, 6) is 0.741. The van der Waals surface area contributed by atoms with Gasteiger partial charge in [-0.05, 0) is 42.9 Å². The number of hydrogen-bond acceptors (Lipinski definition) is 2. The third kappa shape index (κ3) is 4.60. The molecule has 2 rings (SSSR count). The fraction of sp³-hybridized carbons (Fsp3) is 0.556. The molecule has 1 aliphatic rings. The highest BCUT2D eigenvalue weighted by atomic mass is 16.1. The van der Waals surface area contributed by atoms with Crippen molar-refractivity contribution in [1.29, 1.82) is 5.26 Å². The molecule has 3 nitrogen and oxygen atoms in total. The Hall–Kier alpha value is -1.82. The summed E-state index contributed by atoms with van der Waals surface area (Å²) in [5.41, 5.74) is 1.60. The van der Waals surface area contributed by atoms with Gasteiger partial charge in [0.25, 0.3) is 0 Å². The molecule has 0 saturated heterocycles. The highest BCUT2D eigenvalue weighted by Crippen LogP contribution is 2.27. The Morgan fingerprint density at radius 2 is 1.95 bits per heavy atom. The molecule has 1 atom stereocenters. The summed E-state index contributed by atoms with van der Waals surface area (Å²) in [4.78, 5) is 12.2. The van der Waals surface area contributed by atoms with E-state index in [4.69, 9.17) is 5.26 Å². The third-order valence-corrected chi connectivity index (χ3v) is 4.45. The molecule has 0 radical (unpaired) electrons. The molecular weight excluding hydrogens is 260 g/mol. The monoisotopic (exact) mass is 284 g/mol. The largest absolute Gasteiger partial charge is 0.353 e. The van der Waals surface area contributed by atoms with E-state index in [1.54, 1.807) is 12.1 Å². The molecule has 1 amide bonds. The van der Waals surface area contributed by atoms with Crippen molar-refractivity contribution in [3.05, 3.63) is 35.4 Å². The highest BCUT2D eigenvalue weighted by molar-refractivity contribution is 5.78. The summed E-state index contributed by atoms with van der Waals surface area (Å²) in [5, 5.41) is 12.0. The standard InChI is InChI=1S/C18H24N2O/c1-2-17(16-6-4-3-5-7-16)20-18(21)12-14-8-10-15(13-19)11-9-14/h8-11,16-17H,2-7,12H2,1H3,(H,20,21). The SMILES string of the molecule is CCC(NC(=O)Cc1ccc(C#N)cc1)C1CCCCC1. The molecule has 1 N–H and O–H groups in total. The minimum Gasteiger partial charge on any atom is -0.353 e. The van der Waals surface area contributed by atoms with Crippen LogP contribution in [0.25, 0.3) is 0 Å². The van der Waals surface area contributed by atoms with Crippen LogP contribution >= 0.6 is 0 Å². The van der Waals surface area contributed by atoms with Crippen LogP contribution in [-0.2, 0) is 11.2 Å². The molecule has 3 heteroatoms. The fourth-order valence-electron chi connectivity index (χ4n) is 3.23. The van der Waals surface area contributed by atoms with Crippen molar-refractivity contribution in [1.82, 2.24) is 5.32 Å². The predicted octanol–water partition coefficient (Wildman–Crippen LogP) is 3.58. The lowest BCUT2D eigenvalue weighted by atomic mass is 9.83. The van der Waals surface area contributed by atoms with Crippen LogP contribution in [0.4, 0.5) is 0 Å². The molecule has 1 aromatic carbocycles. The fourth-order valence-corrected chi connectivity index (χ4v) is 3.23. The van der Waals surface area contributed by atoms with Crippen LogP contribution in [0.2, 0.25) is 0 Å². The normalized spacial score (nSPS) is 17.0. The zero-order valence-corrected chi connectivity index (χ0v) is 12.8. The second-order valence-electron chi connectivity index (χ2n) is 5.97. The lowest BCUT2D eigenvalue weighted by Crippen LogP contribution is -2.41. The number of benzene rings is 1. The van der Waals surface area contributed by atoms with Crippen LogP contribution in [-0.4, -0.2) is 11.9 Å². The summed E-state index contributed by atoms with van der Waals surface area (Å²) in [6.07, 6.45) is 7.83. The zero-order valence-electron chi connectivity index (χ0n) is 12.8. The number of hydrogen-bond donors (Lipinski definition) is 1. The Kier molecular flexibility index (Phi) is 5.80. The maximum absolute atomic E-state index is 12.2. The minimum absolute atomic E-state index is 0.0946. The van der Waals surface area contributed by atoms with Crippen LogP contribution in [0.5, 0.6) is 0 Å². The number of nitriles is 1. The number of carbonyl (C=O) groups is 1. The molecule has 1 saturated carbocycles. The summed E-state index contributed by atoms with van der Waals surface area (Å²) < 4.78 is 0. The molecule has 21 heavy (non-hydrogen) atoms. The number of amides is 1. The molecule has 0 bridgehead atoms. The highest BCUT2D eigenvalue weighted by Gasteiger charge is 2.23. The van der Waals surface area contributed by atoms with Gasteiger partial charge in [0.05, 0.1) is 18.1 Å². The van der Waals surface area contributed by atoms with E-state index in [1.807, 2.05) is 12.1 Å². The number of nitrogens with one attached hydrogen (secondary N) is 1. The van der Waals surface area contributed by atoms with Gasteiger partial charge in [0, 0.05) is 6.04 Å². The van der Waals surface area contributed by atoms with E-state index in [2.05, 4.69) is 18.3 Å². The predicted molar refractivity (Wildman–Crippen MR) is 83.7 cm³/mol. The van der Waals surface area contributed by atoms with Crippen molar-refractivity contribution in [2.75, 3.05) is 0 Å². The van der Waals surface area contributed by atoms with Crippen LogP contribution in [0.15, 0.2) is 24.3 Å². The Morgan fingerprint density at radius 3 is 2.52 bits per heavy atom. The van der Waals surface area contributed by atoms with Gasteiger partial charge in [0.1, 0.15) is 0 Å². The Balaban J connectivity index is 1.88. The number of carbonyl (C=O) groups excluding carboxylic acids is 1. The Labute approximate surface area is 127 Å². The van der Waals surface area contributed by atoms with Gasteiger partial charge < -0.3 is 5.32 Å². The molecule has 1 fully saturated rings. The Bertz CT molecular complexity index is 495. The topological polar surface area (TPSA) is 52.9 Å². The van der Waals surface area contributed by atoms with E-state index in [9.17, 15) is 4.79 Å². The van der Waals surface area contributed by atoms with Gasteiger partial charge in [-0.1, -0.05) is 38.3 Å². The lowest BCUT2D eigenvalue weighted by molar-refractivity contribution is -0.121. The van der Waals surface area contributed by atoms with Gasteiger partial charge in [0.2, 0.25) is 5.91 Å². The van der Waals surface area contributed by atoms with Gasteiger partial charge >= 0.3 is 0 Å². The van der Waals surface area contributed by atoms with Crippen molar-refractivity contribution in [2.24, 2.45) is 5.92 Å². The van der Waals surface area contributed by atoms with Gasteiger partial charge in [-0.2, -0.15) is 5.26 Å². The second kappa shape index (κ2) is 7.83.